The zero-order valence-corrected chi connectivity index (χ0v) is 10.7. The Kier molecular flexibility index (Phi) is 4.65. The number of rotatable bonds is 3. The highest BCUT2D eigenvalue weighted by Gasteiger charge is 2.23. The average Bonchev–Trinajstić information content (AvgIpc) is 2.35. The van der Waals surface area contributed by atoms with E-state index in [0.717, 1.165) is 5.56 Å². The van der Waals surface area contributed by atoms with Crippen molar-refractivity contribution in [2.75, 3.05) is 19.8 Å². The third-order valence-corrected chi connectivity index (χ3v) is 3.44. The lowest BCUT2D eigenvalue weighted by Gasteiger charge is -2.27. The van der Waals surface area contributed by atoms with Crippen molar-refractivity contribution in [3.8, 4) is 0 Å². The molecule has 1 aliphatic heterocycles. The summed E-state index contributed by atoms with van der Waals surface area (Å²) in [4.78, 5) is 0. The standard InChI is InChI=1S/C12H14Cl2O3/c13-9-2-1-8(5-10(9)14)6-11(15)12-7-16-3-4-17-12/h1-2,5,11-12,15H,3-4,6-7H2. The smallest absolute Gasteiger partial charge is 0.107 e. The van der Waals surface area contributed by atoms with E-state index in [0.29, 0.717) is 36.3 Å². The first-order valence-electron chi connectivity index (χ1n) is 5.48. The summed E-state index contributed by atoms with van der Waals surface area (Å²) in [5.41, 5.74) is 0.932. The molecule has 0 aliphatic carbocycles. The highest BCUT2D eigenvalue weighted by atomic mass is 35.5. The highest BCUT2D eigenvalue weighted by molar-refractivity contribution is 6.42. The van der Waals surface area contributed by atoms with Crippen molar-refractivity contribution >= 4 is 23.2 Å². The van der Waals surface area contributed by atoms with Gasteiger partial charge in [0.15, 0.2) is 0 Å². The maximum Gasteiger partial charge on any atom is 0.107 e. The maximum atomic E-state index is 10.0. The fourth-order valence-corrected chi connectivity index (χ4v) is 2.09. The van der Waals surface area contributed by atoms with Gasteiger partial charge in [0, 0.05) is 6.42 Å². The molecule has 17 heavy (non-hydrogen) atoms. The summed E-state index contributed by atoms with van der Waals surface area (Å²) < 4.78 is 10.7. The molecule has 0 bridgehead atoms. The van der Waals surface area contributed by atoms with Gasteiger partial charge in [-0.3, -0.25) is 0 Å². The highest BCUT2D eigenvalue weighted by Crippen LogP contribution is 2.23. The van der Waals surface area contributed by atoms with E-state index in [2.05, 4.69) is 0 Å². The van der Waals surface area contributed by atoms with Crippen molar-refractivity contribution in [1.29, 1.82) is 0 Å². The van der Waals surface area contributed by atoms with Gasteiger partial charge in [-0.25, -0.2) is 0 Å². The molecule has 0 spiro atoms. The predicted molar refractivity (Wildman–Crippen MR) is 66.7 cm³/mol. The lowest BCUT2D eigenvalue weighted by Crippen LogP contribution is -2.39. The lowest BCUT2D eigenvalue weighted by molar-refractivity contribution is -0.131. The van der Waals surface area contributed by atoms with Crippen LogP contribution in [0.15, 0.2) is 18.2 Å². The van der Waals surface area contributed by atoms with Crippen LogP contribution in [0.3, 0.4) is 0 Å². The van der Waals surface area contributed by atoms with Crippen LogP contribution in [0, 0.1) is 0 Å². The summed E-state index contributed by atoms with van der Waals surface area (Å²) in [7, 11) is 0. The average molecular weight is 277 g/mol. The Hall–Kier alpha value is -0.320. The van der Waals surface area contributed by atoms with Gasteiger partial charge in [0.1, 0.15) is 6.10 Å². The van der Waals surface area contributed by atoms with Crippen LogP contribution in [0.1, 0.15) is 5.56 Å². The van der Waals surface area contributed by atoms with Gasteiger partial charge in [0.05, 0.1) is 36.0 Å². The Labute approximate surface area is 110 Å². The van der Waals surface area contributed by atoms with Crippen molar-refractivity contribution in [1.82, 2.24) is 0 Å². The van der Waals surface area contributed by atoms with Crippen molar-refractivity contribution < 1.29 is 14.6 Å². The fourth-order valence-electron chi connectivity index (χ4n) is 1.77. The molecule has 1 aromatic rings. The largest absolute Gasteiger partial charge is 0.390 e. The van der Waals surface area contributed by atoms with Crippen molar-refractivity contribution in [2.24, 2.45) is 0 Å². The fraction of sp³-hybridized carbons (Fsp3) is 0.500. The molecule has 1 heterocycles. The topological polar surface area (TPSA) is 38.7 Å². The molecule has 1 fully saturated rings. The van der Waals surface area contributed by atoms with Gasteiger partial charge < -0.3 is 14.6 Å². The van der Waals surface area contributed by atoms with Gasteiger partial charge in [-0.05, 0) is 17.7 Å². The zero-order valence-electron chi connectivity index (χ0n) is 9.23. The molecule has 2 unspecified atom stereocenters. The van der Waals surface area contributed by atoms with Crippen LogP contribution < -0.4 is 0 Å². The van der Waals surface area contributed by atoms with Crippen LogP contribution in [0.4, 0.5) is 0 Å². The minimum atomic E-state index is -0.590. The van der Waals surface area contributed by atoms with E-state index in [4.69, 9.17) is 32.7 Å². The van der Waals surface area contributed by atoms with Crippen LogP contribution >= 0.6 is 23.2 Å². The summed E-state index contributed by atoms with van der Waals surface area (Å²) in [5.74, 6) is 0. The molecule has 1 aromatic carbocycles. The molecule has 2 atom stereocenters. The van der Waals surface area contributed by atoms with Crippen LogP contribution in [0.5, 0.6) is 0 Å². The minimum Gasteiger partial charge on any atom is -0.390 e. The Morgan fingerprint density at radius 2 is 2.12 bits per heavy atom. The Morgan fingerprint density at radius 3 is 2.76 bits per heavy atom. The SMILES string of the molecule is OC(Cc1ccc(Cl)c(Cl)c1)C1COCCO1. The summed E-state index contributed by atoms with van der Waals surface area (Å²) >= 11 is 11.7. The molecule has 1 saturated heterocycles. The number of aliphatic hydroxyl groups excluding tert-OH is 1. The van der Waals surface area contributed by atoms with Crippen LogP contribution in [0.25, 0.3) is 0 Å². The number of hydrogen-bond acceptors (Lipinski definition) is 3. The van der Waals surface area contributed by atoms with E-state index >= 15 is 0 Å². The van der Waals surface area contributed by atoms with Gasteiger partial charge in [-0.15, -0.1) is 0 Å². The second kappa shape index (κ2) is 6.03. The van der Waals surface area contributed by atoms with Gasteiger partial charge in [-0.1, -0.05) is 29.3 Å². The molecule has 0 radical (unpaired) electrons. The van der Waals surface area contributed by atoms with E-state index in [1.165, 1.54) is 0 Å². The Balaban J connectivity index is 1.96. The number of ether oxygens (including phenoxy) is 2. The number of hydrogen-bond donors (Lipinski definition) is 1. The molecular weight excluding hydrogens is 263 g/mol. The van der Waals surface area contributed by atoms with Crippen LogP contribution in [0.2, 0.25) is 10.0 Å². The van der Waals surface area contributed by atoms with Gasteiger partial charge in [-0.2, -0.15) is 0 Å². The van der Waals surface area contributed by atoms with E-state index in [-0.39, 0.29) is 6.10 Å². The summed E-state index contributed by atoms with van der Waals surface area (Å²) in [6, 6.07) is 5.34. The van der Waals surface area contributed by atoms with Gasteiger partial charge >= 0.3 is 0 Å². The van der Waals surface area contributed by atoms with Gasteiger partial charge in [0.25, 0.3) is 0 Å². The van der Waals surface area contributed by atoms with Crippen molar-refractivity contribution in [3.63, 3.8) is 0 Å². The van der Waals surface area contributed by atoms with Gasteiger partial charge in [0.2, 0.25) is 0 Å². The lowest BCUT2D eigenvalue weighted by atomic mass is 10.0. The number of halogens is 2. The molecule has 0 aromatic heterocycles. The van der Waals surface area contributed by atoms with E-state index < -0.39 is 6.10 Å². The first kappa shape index (κ1) is 13.1. The maximum absolute atomic E-state index is 10.0. The van der Waals surface area contributed by atoms with Crippen molar-refractivity contribution in [3.05, 3.63) is 33.8 Å². The van der Waals surface area contributed by atoms with E-state index in [9.17, 15) is 5.11 Å². The molecule has 1 aliphatic rings. The third-order valence-electron chi connectivity index (χ3n) is 2.70. The first-order chi connectivity index (χ1) is 8.16. The molecule has 94 valence electrons. The molecule has 3 nitrogen and oxygen atoms in total. The number of aliphatic hydroxyl groups is 1. The predicted octanol–water partition coefficient (Wildman–Crippen LogP) is 2.31. The Morgan fingerprint density at radius 1 is 1.29 bits per heavy atom. The molecule has 0 amide bonds. The van der Waals surface area contributed by atoms with Crippen LogP contribution in [-0.4, -0.2) is 37.1 Å². The monoisotopic (exact) mass is 276 g/mol. The second-order valence-electron chi connectivity index (χ2n) is 4.00. The molecule has 2 rings (SSSR count). The molecule has 1 N–H and O–H groups in total. The van der Waals surface area contributed by atoms with Crippen molar-refractivity contribution in [2.45, 2.75) is 18.6 Å². The zero-order chi connectivity index (χ0) is 12.3. The first-order valence-corrected chi connectivity index (χ1v) is 6.24. The molecule has 5 heteroatoms. The van der Waals surface area contributed by atoms with Crippen LogP contribution in [-0.2, 0) is 15.9 Å². The quantitative estimate of drug-likeness (QED) is 0.921. The normalized spacial score (nSPS) is 22.4. The second-order valence-corrected chi connectivity index (χ2v) is 4.82. The number of benzene rings is 1. The molecule has 0 saturated carbocycles. The van der Waals surface area contributed by atoms with E-state index in [1.54, 1.807) is 12.1 Å². The summed E-state index contributed by atoms with van der Waals surface area (Å²) in [5, 5.41) is 11.0. The minimum absolute atomic E-state index is 0.266. The molecular formula is C12H14Cl2O3. The van der Waals surface area contributed by atoms with E-state index in [1.807, 2.05) is 6.07 Å². The summed E-state index contributed by atoms with van der Waals surface area (Å²) in [6.07, 6.45) is -0.379. The Bertz CT molecular complexity index is 378. The third kappa shape index (κ3) is 3.57. The summed E-state index contributed by atoms with van der Waals surface area (Å²) in [6.45, 7) is 1.56.